The smallest absolute Gasteiger partial charge is 0.407 e. The van der Waals surface area contributed by atoms with Gasteiger partial charge in [0.1, 0.15) is 11.4 Å². The van der Waals surface area contributed by atoms with Gasteiger partial charge in [0.05, 0.1) is 11.9 Å². The third kappa shape index (κ3) is 5.12. The maximum absolute atomic E-state index is 12.0. The summed E-state index contributed by atoms with van der Waals surface area (Å²) in [5.41, 5.74) is 8.18. The van der Waals surface area contributed by atoms with Crippen LogP contribution in [0.4, 0.5) is 10.5 Å². The van der Waals surface area contributed by atoms with Crippen molar-refractivity contribution < 1.29 is 14.3 Å². The van der Waals surface area contributed by atoms with E-state index in [0.717, 1.165) is 25.0 Å². The maximum atomic E-state index is 12.0. The van der Waals surface area contributed by atoms with E-state index in [2.05, 4.69) is 16.4 Å². The van der Waals surface area contributed by atoms with Crippen molar-refractivity contribution >= 4 is 11.8 Å². The summed E-state index contributed by atoms with van der Waals surface area (Å²) in [6.07, 6.45) is 4.21. The van der Waals surface area contributed by atoms with E-state index in [-0.39, 0.29) is 12.0 Å². The number of rotatable bonds is 4. The van der Waals surface area contributed by atoms with Crippen LogP contribution in [0.2, 0.25) is 0 Å². The third-order valence-corrected chi connectivity index (χ3v) is 4.45. The molecule has 1 amide bonds. The number of amides is 1. The number of anilines is 1. The van der Waals surface area contributed by atoms with Crippen LogP contribution in [0.3, 0.4) is 0 Å². The maximum Gasteiger partial charge on any atom is 0.407 e. The largest absolute Gasteiger partial charge is 0.444 e. The van der Waals surface area contributed by atoms with E-state index in [1.165, 1.54) is 11.1 Å². The molecule has 6 nitrogen and oxygen atoms in total. The number of nitrogens with one attached hydrogen (secondary N) is 1. The number of aromatic nitrogens is 1. The summed E-state index contributed by atoms with van der Waals surface area (Å²) in [5, 5.41) is 2.90. The molecule has 6 heteroatoms. The van der Waals surface area contributed by atoms with E-state index >= 15 is 0 Å². The fraction of sp³-hybridized carbons (Fsp3) is 0.429. The minimum atomic E-state index is -0.498. The number of pyridine rings is 1. The summed E-state index contributed by atoms with van der Waals surface area (Å²) in [6, 6.07) is 9.58. The second-order valence-corrected chi connectivity index (χ2v) is 7.83. The quantitative estimate of drug-likeness (QED) is 0.834. The van der Waals surface area contributed by atoms with Crippen molar-refractivity contribution in [3.8, 4) is 11.6 Å². The first-order chi connectivity index (χ1) is 12.8. The van der Waals surface area contributed by atoms with Gasteiger partial charge in [0.15, 0.2) is 0 Å². The molecule has 1 aromatic carbocycles. The molecule has 1 aromatic heterocycles. The van der Waals surface area contributed by atoms with Gasteiger partial charge in [-0.3, -0.25) is 0 Å². The highest BCUT2D eigenvalue weighted by Crippen LogP contribution is 2.37. The van der Waals surface area contributed by atoms with Crippen molar-refractivity contribution in [2.75, 3.05) is 12.3 Å². The van der Waals surface area contributed by atoms with Crippen LogP contribution in [0.25, 0.3) is 0 Å². The Hall–Kier alpha value is -2.76. The first-order valence-electron chi connectivity index (χ1n) is 9.30. The lowest BCUT2D eigenvalue weighted by Gasteiger charge is -2.28. The number of alkyl carbamates (subject to hydrolysis) is 1. The molecule has 0 saturated heterocycles. The second-order valence-electron chi connectivity index (χ2n) is 7.83. The number of hydrogen-bond acceptors (Lipinski definition) is 5. The normalized spacial score (nSPS) is 16.3. The SMILES string of the molecule is CC(C)(C)OC(=O)NCC1CCCc2c(Oc3ccc(N)cn3)cccc21. The zero-order chi connectivity index (χ0) is 19.4. The second kappa shape index (κ2) is 7.86. The van der Waals surface area contributed by atoms with Gasteiger partial charge in [-0.1, -0.05) is 12.1 Å². The van der Waals surface area contributed by atoms with E-state index in [0.29, 0.717) is 18.1 Å². The Morgan fingerprint density at radius 1 is 1.30 bits per heavy atom. The summed E-state index contributed by atoms with van der Waals surface area (Å²) in [6.45, 7) is 6.12. The molecule has 1 aliphatic carbocycles. The molecule has 1 heterocycles. The molecule has 0 radical (unpaired) electrons. The number of nitrogen functional groups attached to an aromatic ring is 1. The van der Waals surface area contributed by atoms with E-state index in [4.69, 9.17) is 15.2 Å². The van der Waals surface area contributed by atoms with Gasteiger partial charge in [0.25, 0.3) is 0 Å². The molecule has 0 aliphatic heterocycles. The molecule has 144 valence electrons. The van der Waals surface area contributed by atoms with Crippen LogP contribution >= 0.6 is 0 Å². The molecule has 0 spiro atoms. The molecule has 1 aliphatic rings. The van der Waals surface area contributed by atoms with E-state index < -0.39 is 5.60 Å². The number of nitrogens with zero attached hydrogens (tertiary/aromatic N) is 1. The highest BCUT2D eigenvalue weighted by Gasteiger charge is 2.24. The van der Waals surface area contributed by atoms with Crippen molar-refractivity contribution in [1.82, 2.24) is 10.3 Å². The predicted molar refractivity (Wildman–Crippen MR) is 105 cm³/mol. The Bertz CT molecular complexity index is 797. The Balaban J connectivity index is 1.72. The molecule has 0 saturated carbocycles. The number of benzene rings is 1. The number of carbonyl (C=O) groups excluding carboxylic acids is 1. The summed E-state index contributed by atoms with van der Waals surface area (Å²) in [4.78, 5) is 16.2. The fourth-order valence-corrected chi connectivity index (χ4v) is 3.31. The topological polar surface area (TPSA) is 86.5 Å². The van der Waals surface area contributed by atoms with Gasteiger partial charge in [0, 0.05) is 18.5 Å². The van der Waals surface area contributed by atoms with Crippen LogP contribution in [0.15, 0.2) is 36.5 Å². The summed E-state index contributed by atoms with van der Waals surface area (Å²) in [7, 11) is 0. The number of fused-ring (bicyclic) bond motifs is 1. The highest BCUT2D eigenvalue weighted by molar-refractivity contribution is 5.67. The molecule has 2 aromatic rings. The Kier molecular flexibility index (Phi) is 5.54. The zero-order valence-electron chi connectivity index (χ0n) is 16.1. The van der Waals surface area contributed by atoms with Crippen molar-refractivity contribution in [1.29, 1.82) is 0 Å². The van der Waals surface area contributed by atoms with Gasteiger partial charge < -0.3 is 20.5 Å². The molecule has 3 N–H and O–H groups in total. The van der Waals surface area contributed by atoms with Gasteiger partial charge in [-0.25, -0.2) is 9.78 Å². The van der Waals surface area contributed by atoms with Crippen LogP contribution in [0.5, 0.6) is 11.6 Å². The average molecular weight is 369 g/mol. The van der Waals surface area contributed by atoms with Crippen LogP contribution < -0.4 is 15.8 Å². The van der Waals surface area contributed by atoms with Crippen LogP contribution in [-0.2, 0) is 11.2 Å². The molecule has 3 rings (SSSR count). The standard InChI is InChI=1S/C21H27N3O3/c1-21(2,3)27-20(25)24-12-14-6-4-8-17-16(14)7-5-9-18(17)26-19-11-10-15(22)13-23-19/h5,7,9-11,13-14H,4,6,8,12,22H2,1-3H3,(H,24,25). The van der Waals surface area contributed by atoms with Crippen molar-refractivity contribution in [2.24, 2.45) is 0 Å². The van der Waals surface area contributed by atoms with Crippen LogP contribution in [0, 0.1) is 0 Å². The average Bonchev–Trinajstić information content (AvgIpc) is 2.61. The van der Waals surface area contributed by atoms with Gasteiger partial charge in [-0.15, -0.1) is 0 Å². The molecule has 0 fully saturated rings. The number of hydrogen-bond donors (Lipinski definition) is 2. The number of carbonyl (C=O) groups is 1. The number of ether oxygens (including phenoxy) is 2. The van der Waals surface area contributed by atoms with E-state index in [1.807, 2.05) is 32.9 Å². The van der Waals surface area contributed by atoms with Gasteiger partial charge in [-0.05, 0) is 63.3 Å². The van der Waals surface area contributed by atoms with E-state index in [9.17, 15) is 4.79 Å². The molecule has 27 heavy (non-hydrogen) atoms. The minimum absolute atomic E-state index is 0.240. The van der Waals surface area contributed by atoms with Crippen LogP contribution in [0.1, 0.15) is 50.7 Å². The highest BCUT2D eigenvalue weighted by atomic mass is 16.6. The monoisotopic (exact) mass is 369 g/mol. The first kappa shape index (κ1) is 19.0. The summed E-state index contributed by atoms with van der Waals surface area (Å²) in [5.74, 6) is 1.57. The Labute approximate surface area is 160 Å². The number of nitrogens with two attached hydrogens (primary N) is 1. The lowest BCUT2D eigenvalue weighted by Crippen LogP contribution is -2.35. The Morgan fingerprint density at radius 2 is 2.11 bits per heavy atom. The molecule has 0 bridgehead atoms. The van der Waals surface area contributed by atoms with Crippen LogP contribution in [-0.4, -0.2) is 23.2 Å². The lowest BCUT2D eigenvalue weighted by molar-refractivity contribution is 0.0523. The van der Waals surface area contributed by atoms with E-state index in [1.54, 1.807) is 18.3 Å². The summed E-state index contributed by atoms with van der Waals surface area (Å²) < 4.78 is 11.3. The van der Waals surface area contributed by atoms with Crippen molar-refractivity contribution in [2.45, 2.75) is 51.6 Å². The van der Waals surface area contributed by atoms with Crippen molar-refractivity contribution in [3.05, 3.63) is 47.7 Å². The van der Waals surface area contributed by atoms with Gasteiger partial charge >= 0.3 is 6.09 Å². The molecular weight excluding hydrogens is 342 g/mol. The third-order valence-electron chi connectivity index (χ3n) is 4.45. The first-order valence-corrected chi connectivity index (χ1v) is 9.30. The lowest BCUT2D eigenvalue weighted by atomic mass is 9.82. The minimum Gasteiger partial charge on any atom is -0.444 e. The summed E-state index contributed by atoms with van der Waals surface area (Å²) >= 11 is 0. The van der Waals surface area contributed by atoms with Gasteiger partial charge in [-0.2, -0.15) is 0 Å². The van der Waals surface area contributed by atoms with Gasteiger partial charge in [0.2, 0.25) is 5.88 Å². The molecule has 1 atom stereocenters. The zero-order valence-corrected chi connectivity index (χ0v) is 16.1. The van der Waals surface area contributed by atoms with Crippen molar-refractivity contribution in [3.63, 3.8) is 0 Å². The predicted octanol–water partition coefficient (Wildman–Crippen LogP) is 4.40. The molecular formula is C21H27N3O3. The molecule has 1 unspecified atom stereocenters. The fourth-order valence-electron chi connectivity index (χ4n) is 3.31. The Morgan fingerprint density at radius 3 is 2.81 bits per heavy atom.